The van der Waals surface area contributed by atoms with Gasteiger partial charge in [0.25, 0.3) is 5.91 Å². The number of aromatic nitrogens is 1. The Morgan fingerprint density at radius 2 is 1.95 bits per heavy atom. The summed E-state index contributed by atoms with van der Waals surface area (Å²) in [6.45, 7) is 9.16. The maximum Gasteiger partial charge on any atom is 0.352 e. The van der Waals surface area contributed by atoms with Crippen LogP contribution in [-0.4, -0.2) is 40.0 Å². The van der Waals surface area contributed by atoms with Gasteiger partial charge in [-0.2, -0.15) is 0 Å². The fourth-order valence-electron chi connectivity index (χ4n) is 2.73. The first-order valence-electron chi connectivity index (χ1n) is 6.45. The molecule has 1 amide bonds. The summed E-state index contributed by atoms with van der Waals surface area (Å²) in [7, 11) is 0. The second-order valence-electron chi connectivity index (χ2n) is 6.07. The first kappa shape index (κ1) is 13.6. The van der Waals surface area contributed by atoms with E-state index >= 15 is 0 Å². The molecule has 2 heterocycles. The summed E-state index contributed by atoms with van der Waals surface area (Å²) >= 11 is 0. The zero-order chi connectivity index (χ0) is 14.4. The van der Waals surface area contributed by atoms with Crippen LogP contribution in [0.2, 0.25) is 0 Å². The Bertz CT molecular complexity index is 543. The second kappa shape index (κ2) is 4.40. The van der Waals surface area contributed by atoms with E-state index in [-0.39, 0.29) is 17.0 Å². The monoisotopic (exact) mass is 264 g/mol. The first-order valence-corrected chi connectivity index (χ1v) is 6.45. The van der Waals surface area contributed by atoms with Gasteiger partial charge in [0.05, 0.1) is 5.56 Å². The number of aromatic amines is 1. The lowest BCUT2D eigenvalue weighted by Crippen LogP contribution is -2.31. The lowest BCUT2D eigenvalue weighted by Gasteiger charge is -2.20. The number of aromatic carboxylic acids is 1. The number of rotatable bonds is 2. The number of aryl methyl sites for hydroxylation is 1. The lowest BCUT2D eigenvalue weighted by atomic mass is 9.93. The Balaban J connectivity index is 2.33. The molecule has 2 N–H and O–H groups in total. The predicted octanol–water partition coefficient (Wildman–Crippen LogP) is 2.20. The average Bonchev–Trinajstić information content (AvgIpc) is 2.79. The number of carbonyl (C=O) groups is 2. The molecule has 5 heteroatoms. The molecule has 1 saturated heterocycles. The van der Waals surface area contributed by atoms with E-state index in [9.17, 15) is 9.59 Å². The Hall–Kier alpha value is -1.78. The van der Waals surface area contributed by atoms with Gasteiger partial charge < -0.3 is 15.0 Å². The SMILES string of the molecule is Cc1[nH]c(C(=O)O)c(C)c1C(=O)N1CCC(C)(C)C1. The molecule has 104 valence electrons. The van der Waals surface area contributed by atoms with Crippen molar-refractivity contribution in [3.05, 3.63) is 22.5 Å². The van der Waals surface area contributed by atoms with Crippen molar-refractivity contribution in [1.82, 2.24) is 9.88 Å². The van der Waals surface area contributed by atoms with Crippen molar-refractivity contribution in [1.29, 1.82) is 0 Å². The Kier molecular flexibility index (Phi) is 3.16. The Morgan fingerprint density at radius 1 is 1.32 bits per heavy atom. The molecular weight excluding hydrogens is 244 g/mol. The molecule has 19 heavy (non-hydrogen) atoms. The van der Waals surface area contributed by atoms with Crippen LogP contribution in [0.15, 0.2) is 0 Å². The topological polar surface area (TPSA) is 73.4 Å². The lowest BCUT2D eigenvalue weighted by molar-refractivity contribution is 0.0690. The number of H-pyrrole nitrogens is 1. The van der Waals surface area contributed by atoms with Crippen LogP contribution in [0.25, 0.3) is 0 Å². The molecule has 1 fully saturated rings. The van der Waals surface area contributed by atoms with Crippen molar-refractivity contribution < 1.29 is 14.7 Å². The van der Waals surface area contributed by atoms with Gasteiger partial charge in [0.15, 0.2) is 0 Å². The molecule has 0 saturated carbocycles. The minimum absolute atomic E-state index is 0.0654. The summed E-state index contributed by atoms with van der Waals surface area (Å²) in [6.07, 6.45) is 0.979. The van der Waals surface area contributed by atoms with Crippen molar-refractivity contribution in [2.24, 2.45) is 5.41 Å². The summed E-state index contributed by atoms with van der Waals surface area (Å²) in [4.78, 5) is 28.2. The van der Waals surface area contributed by atoms with Gasteiger partial charge in [0.2, 0.25) is 0 Å². The molecule has 0 aromatic carbocycles. The molecule has 5 nitrogen and oxygen atoms in total. The standard InChI is InChI=1S/C14H20N2O3/c1-8-10(9(2)15-11(8)13(18)19)12(17)16-6-5-14(3,4)7-16/h15H,5-7H2,1-4H3,(H,18,19). The number of carboxylic acids is 1. The molecular formula is C14H20N2O3. The van der Waals surface area contributed by atoms with E-state index in [4.69, 9.17) is 5.11 Å². The van der Waals surface area contributed by atoms with E-state index in [1.807, 2.05) is 4.90 Å². The van der Waals surface area contributed by atoms with Gasteiger partial charge in [-0.05, 0) is 31.2 Å². The maximum atomic E-state index is 12.5. The van der Waals surface area contributed by atoms with Crippen LogP contribution in [-0.2, 0) is 0 Å². The van der Waals surface area contributed by atoms with Crippen LogP contribution in [0.4, 0.5) is 0 Å². The van der Waals surface area contributed by atoms with Crippen molar-refractivity contribution in [2.45, 2.75) is 34.1 Å². The highest BCUT2D eigenvalue weighted by molar-refractivity contribution is 6.00. The van der Waals surface area contributed by atoms with E-state index < -0.39 is 5.97 Å². The number of hydrogen-bond acceptors (Lipinski definition) is 2. The summed E-state index contributed by atoms with van der Waals surface area (Å²) in [5.41, 5.74) is 1.92. The first-order chi connectivity index (χ1) is 8.73. The molecule has 0 bridgehead atoms. The molecule has 0 unspecified atom stereocenters. The Labute approximate surface area is 112 Å². The van der Waals surface area contributed by atoms with Gasteiger partial charge in [-0.15, -0.1) is 0 Å². The maximum absolute atomic E-state index is 12.5. The van der Waals surface area contributed by atoms with E-state index in [0.717, 1.165) is 19.5 Å². The quantitative estimate of drug-likeness (QED) is 0.860. The zero-order valence-electron chi connectivity index (χ0n) is 11.8. The van der Waals surface area contributed by atoms with Gasteiger partial charge in [0, 0.05) is 18.8 Å². The third kappa shape index (κ3) is 2.37. The number of carbonyl (C=O) groups excluding carboxylic acids is 1. The molecule has 0 spiro atoms. The second-order valence-corrected chi connectivity index (χ2v) is 6.07. The van der Waals surface area contributed by atoms with Gasteiger partial charge >= 0.3 is 5.97 Å². The van der Waals surface area contributed by atoms with E-state index in [2.05, 4.69) is 18.8 Å². The van der Waals surface area contributed by atoms with Crippen LogP contribution in [0.5, 0.6) is 0 Å². The van der Waals surface area contributed by atoms with E-state index in [0.29, 0.717) is 16.8 Å². The van der Waals surface area contributed by atoms with Crippen molar-refractivity contribution in [3.63, 3.8) is 0 Å². The fraction of sp³-hybridized carbons (Fsp3) is 0.571. The number of hydrogen-bond donors (Lipinski definition) is 2. The average molecular weight is 264 g/mol. The molecule has 2 rings (SSSR count). The molecule has 1 aliphatic rings. The summed E-state index contributed by atoms with van der Waals surface area (Å²) in [6, 6.07) is 0. The number of nitrogens with zero attached hydrogens (tertiary/aromatic N) is 1. The highest BCUT2D eigenvalue weighted by Crippen LogP contribution is 2.31. The molecule has 1 aromatic heterocycles. The molecule has 1 aromatic rings. The van der Waals surface area contributed by atoms with Crippen molar-refractivity contribution >= 4 is 11.9 Å². The highest BCUT2D eigenvalue weighted by Gasteiger charge is 2.34. The fourth-order valence-corrected chi connectivity index (χ4v) is 2.73. The summed E-state index contributed by atoms with van der Waals surface area (Å²) in [5.74, 6) is -1.09. The van der Waals surface area contributed by atoms with Gasteiger partial charge in [-0.25, -0.2) is 4.79 Å². The normalized spacial score (nSPS) is 17.8. The minimum Gasteiger partial charge on any atom is -0.477 e. The molecule has 0 atom stereocenters. The van der Waals surface area contributed by atoms with Gasteiger partial charge in [-0.1, -0.05) is 13.8 Å². The predicted molar refractivity (Wildman–Crippen MR) is 71.5 cm³/mol. The zero-order valence-corrected chi connectivity index (χ0v) is 11.8. The number of amides is 1. The van der Waals surface area contributed by atoms with Crippen LogP contribution in [0, 0.1) is 19.3 Å². The third-order valence-electron chi connectivity index (χ3n) is 3.83. The largest absolute Gasteiger partial charge is 0.477 e. The van der Waals surface area contributed by atoms with Crippen LogP contribution < -0.4 is 0 Å². The van der Waals surface area contributed by atoms with Crippen molar-refractivity contribution in [3.8, 4) is 0 Å². The van der Waals surface area contributed by atoms with Gasteiger partial charge in [-0.3, -0.25) is 4.79 Å². The van der Waals surface area contributed by atoms with Crippen molar-refractivity contribution in [2.75, 3.05) is 13.1 Å². The van der Waals surface area contributed by atoms with E-state index in [1.165, 1.54) is 0 Å². The number of carboxylic acid groups (broad SMARTS) is 1. The molecule has 1 aliphatic heterocycles. The van der Waals surface area contributed by atoms with Crippen LogP contribution >= 0.6 is 0 Å². The number of likely N-dealkylation sites (tertiary alicyclic amines) is 1. The van der Waals surface area contributed by atoms with Crippen LogP contribution in [0.3, 0.4) is 0 Å². The highest BCUT2D eigenvalue weighted by atomic mass is 16.4. The van der Waals surface area contributed by atoms with Crippen LogP contribution in [0.1, 0.15) is 52.4 Å². The smallest absolute Gasteiger partial charge is 0.352 e. The van der Waals surface area contributed by atoms with E-state index in [1.54, 1.807) is 13.8 Å². The Morgan fingerprint density at radius 3 is 2.37 bits per heavy atom. The number of nitrogens with one attached hydrogen (secondary N) is 1. The van der Waals surface area contributed by atoms with Gasteiger partial charge in [0.1, 0.15) is 5.69 Å². The molecule has 0 aliphatic carbocycles. The summed E-state index contributed by atoms with van der Waals surface area (Å²) < 4.78 is 0. The minimum atomic E-state index is -1.03. The third-order valence-corrected chi connectivity index (χ3v) is 3.83. The molecule has 0 radical (unpaired) electrons. The summed E-state index contributed by atoms with van der Waals surface area (Å²) in [5, 5.41) is 9.08.